The molecule has 3 heterocycles. The molecule has 0 saturated carbocycles. The number of Topliss-reactive ketones (excluding diaryl/α,β-unsaturated/α-hetero) is 2. The van der Waals surface area contributed by atoms with E-state index in [1.165, 1.54) is 43.3 Å². The molecule has 43 heavy (non-hydrogen) atoms. The van der Waals surface area contributed by atoms with Gasteiger partial charge < -0.3 is 15.0 Å². The van der Waals surface area contributed by atoms with Crippen molar-refractivity contribution in [1.82, 2.24) is 0 Å². The van der Waals surface area contributed by atoms with Crippen LogP contribution in [0.4, 0.5) is 15.8 Å². The number of para-hydroxylation sites is 2. The predicted molar refractivity (Wildman–Crippen MR) is 159 cm³/mol. The Hall–Kier alpha value is -5.37. The Morgan fingerprint density at radius 1 is 0.837 bits per heavy atom. The van der Waals surface area contributed by atoms with E-state index in [0.717, 1.165) is 11.3 Å². The molecule has 0 radical (unpaired) electrons. The number of halogens is 1. The number of esters is 1. The van der Waals surface area contributed by atoms with Crippen LogP contribution in [0.3, 0.4) is 0 Å². The highest BCUT2D eigenvalue weighted by Crippen LogP contribution is 2.58. The van der Waals surface area contributed by atoms with Gasteiger partial charge in [0.2, 0.25) is 5.91 Å². The van der Waals surface area contributed by atoms with Crippen LogP contribution in [0.25, 0.3) is 6.08 Å². The van der Waals surface area contributed by atoms with Crippen LogP contribution < -0.4 is 15.0 Å². The maximum absolute atomic E-state index is 14.7. The summed E-state index contributed by atoms with van der Waals surface area (Å²) >= 11 is 0. The van der Waals surface area contributed by atoms with Gasteiger partial charge in [-0.2, -0.15) is 0 Å². The first kappa shape index (κ1) is 26.5. The fourth-order valence-corrected chi connectivity index (χ4v) is 6.94. The Balaban J connectivity index is 1.48. The van der Waals surface area contributed by atoms with Gasteiger partial charge in [-0.3, -0.25) is 19.2 Å². The minimum absolute atomic E-state index is 0.197. The molecule has 1 amide bonds. The number of hydrogen-bond acceptors (Lipinski definition) is 6. The lowest BCUT2D eigenvalue weighted by Crippen LogP contribution is -2.51. The summed E-state index contributed by atoms with van der Waals surface area (Å²) in [6, 6.07) is 24.3. The Labute approximate surface area is 246 Å². The Bertz CT molecular complexity index is 1850. The molecule has 212 valence electrons. The van der Waals surface area contributed by atoms with E-state index in [0.29, 0.717) is 11.3 Å². The number of amides is 1. The maximum Gasteiger partial charge on any atom is 0.308 e. The van der Waals surface area contributed by atoms with Gasteiger partial charge in [0.05, 0.1) is 12.0 Å². The van der Waals surface area contributed by atoms with Crippen LogP contribution in [0.15, 0.2) is 103 Å². The highest BCUT2D eigenvalue weighted by Gasteiger charge is 2.70. The number of carbonyl (C=O) groups is 4. The summed E-state index contributed by atoms with van der Waals surface area (Å²) in [5.74, 6) is -3.10. The second kappa shape index (κ2) is 9.87. The number of hydrogen-bond donors (Lipinski definition) is 1. The van der Waals surface area contributed by atoms with Crippen molar-refractivity contribution in [2.75, 3.05) is 10.2 Å². The van der Waals surface area contributed by atoms with Crippen molar-refractivity contribution in [2.24, 2.45) is 5.92 Å². The van der Waals surface area contributed by atoms with Crippen molar-refractivity contribution in [2.45, 2.75) is 24.4 Å². The van der Waals surface area contributed by atoms with Crippen molar-refractivity contribution in [3.8, 4) is 5.75 Å². The van der Waals surface area contributed by atoms with Gasteiger partial charge in [0.15, 0.2) is 11.6 Å². The van der Waals surface area contributed by atoms with Gasteiger partial charge in [-0.25, -0.2) is 4.39 Å². The van der Waals surface area contributed by atoms with Gasteiger partial charge in [-0.05, 0) is 71.8 Å². The van der Waals surface area contributed by atoms with E-state index >= 15 is 0 Å². The molecule has 0 aliphatic carbocycles. The van der Waals surface area contributed by atoms with Gasteiger partial charge >= 0.3 is 5.97 Å². The van der Waals surface area contributed by atoms with Crippen molar-refractivity contribution in [3.63, 3.8) is 0 Å². The van der Waals surface area contributed by atoms with Crippen LogP contribution in [0.1, 0.15) is 38.8 Å². The number of nitrogens with one attached hydrogen (secondary N) is 1. The summed E-state index contributed by atoms with van der Waals surface area (Å²) in [6.45, 7) is 1.29. The second-order valence-corrected chi connectivity index (χ2v) is 10.9. The van der Waals surface area contributed by atoms with E-state index in [1.54, 1.807) is 24.3 Å². The fourth-order valence-electron chi connectivity index (χ4n) is 6.94. The molecule has 3 aliphatic rings. The third kappa shape index (κ3) is 3.94. The fraction of sp³-hybridized carbons (Fsp3) is 0.143. The third-order valence-corrected chi connectivity index (χ3v) is 8.62. The molecule has 4 atom stereocenters. The van der Waals surface area contributed by atoms with E-state index in [2.05, 4.69) is 5.32 Å². The first-order valence-corrected chi connectivity index (χ1v) is 13.9. The summed E-state index contributed by atoms with van der Waals surface area (Å²) in [7, 11) is 0. The van der Waals surface area contributed by atoms with Gasteiger partial charge in [-0.15, -0.1) is 0 Å². The number of fused-ring (bicyclic) bond motifs is 6. The lowest BCUT2D eigenvalue weighted by Gasteiger charge is -2.37. The molecular formula is C35H25FN2O5. The molecule has 8 heteroatoms. The van der Waals surface area contributed by atoms with Gasteiger partial charge in [0.1, 0.15) is 23.0 Å². The van der Waals surface area contributed by atoms with Gasteiger partial charge in [0, 0.05) is 29.4 Å². The molecule has 0 bridgehead atoms. The average Bonchev–Trinajstić information content (AvgIpc) is 3.49. The Morgan fingerprint density at radius 2 is 1.49 bits per heavy atom. The molecule has 4 aromatic rings. The van der Waals surface area contributed by atoms with Gasteiger partial charge in [-0.1, -0.05) is 48.6 Å². The SMILES string of the molecule is CC(=O)Oc1ccc(C(=O)[C@@H]2[C@@H](C(=O)c3ccc(F)cc3)[C@]3(C(=O)Nc4ccccc43)[C@H]3C=Cc4ccccc4N23)cc1. The van der Waals surface area contributed by atoms with Crippen LogP contribution >= 0.6 is 0 Å². The minimum atomic E-state index is -1.47. The number of nitrogens with zero attached hydrogens (tertiary/aromatic N) is 1. The van der Waals surface area contributed by atoms with Crippen molar-refractivity contribution in [1.29, 1.82) is 0 Å². The molecule has 7 rings (SSSR count). The molecule has 1 spiro atoms. The smallest absolute Gasteiger partial charge is 0.308 e. The Kier molecular flexibility index (Phi) is 6.09. The maximum atomic E-state index is 14.7. The van der Waals surface area contributed by atoms with Crippen LogP contribution in [0, 0.1) is 11.7 Å². The van der Waals surface area contributed by atoms with E-state index < -0.39 is 41.0 Å². The number of rotatable bonds is 5. The number of benzene rings is 4. The minimum Gasteiger partial charge on any atom is -0.427 e. The van der Waals surface area contributed by atoms with Crippen LogP contribution in [0.2, 0.25) is 0 Å². The van der Waals surface area contributed by atoms with Crippen molar-refractivity contribution >= 4 is 40.9 Å². The second-order valence-electron chi connectivity index (χ2n) is 10.9. The van der Waals surface area contributed by atoms with Crippen LogP contribution in [-0.4, -0.2) is 35.5 Å². The van der Waals surface area contributed by atoms with E-state index in [9.17, 15) is 23.6 Å². The van der Waals surface area contributed by atoms with Crippen LogP contribution in [-0.2, 0) is 15.0 Å². The molecule has 4 aromatic carbocycles. The molecule has 1 fully saturated rings. The van der Waals surface area contributed by atoms with Crippen molar-refractivity contribution in [3.05, 3.63) is 131 Å². The number of ether oxygens (including phenoxy) is 1. The highest BCUT2D eigenvalue weighted by molar-refractivity contribution is 6.18. The van der Waals surface area contributed by atoms with E-state index in [-0.39, 0.29) is 28.6 Å². The normalized spacial score (nSPS) is 22.9. The number of carbonyl (C=O) groups excluding carboxylic acids is 4. The number of ketones is 2. The van der Waals surface area contributed by atoms with E-state index in [4.69, 9.17) is 4.74 Å². The molecule has 7 nitrogen and oxygen atoms in total. The monoisotopic (exact) mass is 572 g/mol. The molecular weight excluding hydrogens is 547 g/mol. The molecule has 1 N–H and O–H groups in total. The molecule has 0 unspecified atom stereocenters. The first-order chi connectivity index (χ1) is 20.8. The topological polar surface area (TPSA) is 92.8 Å². The quantitative estimate of drug-likeness (QED) is 0.190. The summed E-state index contributed by atoms with van der Waals surface area (Å²) in [5.41, 5.74) is 1.78. The predicted octanol–water partition coefficient (Wildman–Crippen LogP) is 5.61. The van der Waals surface area contributed by atoms with Crippen LogP contribution in [0.5, 0.6) is 5.75 Å². The third-order valence-electron chi connectivity index (χ3n) is 8.62. The standard InChI is InChI=1S/C35H25FN2O5/c1-20(39)43-25-17-12-23(13-18-25)33(41)31-30(32(40)22-10-15-24(36)16-11-22)35(26-7-3-4-8-27(26)37-34(35)42)29-19-14-21-6-2-5-9-28(21)38(29)31/h2-19,29-31H,1H3,(H,37,42)/t29-,30+,31+,35-/m1/s1. The van der Waals surface area contributed by atoms with Gasteiger partial charge in [0.25, 0.3) is 0 Å². The first-order valence-electron chi connectivity index (χ1n) is 13.9. The average molecular weight is 573 g/mol. The largest absolute Gasteiger partial charge is 0.427 e. The molecule has 1 saturated heterocycles. The molecule has 0 aromatic heterocycles. The zero-order chi connectivity index (χ0) is 29.9. The Morgan fingerprint density at radius 3 is 2.23 bits per heavy atom. The summed E-state index contributed by atoms with van der Waals surface area (Å²) in [6.07, 6.45) is 3.82. The summed E-state index contributed by atoms with van der Waals surface area (Å²) in [5, 5.41) is 2.99. The zero-order valence-electron chi connectivity index (χ0n) is 23.0. The molecule has 3 aliphatic heterocycles. The zero-order valence-corrected chi connectivity index (χ0v) is 23.0. The summed E-state index contributed by atoms with van der Waals surface area (Å²) in [4.78, 5) is 57.1. The van der Waals surface area contributed by atoms with E-state index in [1.807, 2.05) is 53.5 Å². The lowest BCUT2D eigenvalue weighted by atomic mass is 9.64. The summed E-state index contributed by atoms with van der Waals surface area (Å²) < 4.78 is 19.1. The number of anilines is 2. The lowest BCUT2D eigenvalue weighted by molar-refractivity contribution is -0.131. The van der Waals surface area contributed by atoms with Crippen molar-refractivity contribution < 1.29 is 28.3 Å². The highest BCUT2D eigenvalue weighted by atomic mass is 19.1.